The normalized spacial score (nSPS) is 11.1. The fourth-order valence-corrected chi connectivity index (χ4v) is 6.01. The fraction of sp³-hybridized carbons (Fsp3) is 0.333. The number of aliphatic carboxylic acids is 1. The molecule has 0 amide bonds. The second kappa shape index (κ2) is 17.6. The number of esters is 1. The smallest absolute Gasteiger partial charge is 0.327 e. The van der Waals surface area contributed by atoms with Crippen molar-refractivity contribution in [1.29, 1.82) is 0 Å². The number of rotatable bonds is 13. The minimum atomic E-state index is -0.997. The van der Waals surface area contributed by atoms with E-state index in [1.54, 1.807) is 13.8 Å². The molecular weight excluding hydrogens is 770 g/mol. The first-order valence-corrected chi connectivity index (χ1v) is 17.9. The molecule has 0 saturated carbocycles. The lowest BCUT2D eigenvalue weighted by molar-refractivity contribution is -0.145. The summed E-state index contributed by atoms with van der Waals surface area (Å²) in [6.07, 6.45) is 0. The topological polar surface area (TPSA) is 180 Å². The molecular formula is C36H39BrClN9O6. The largest absolute Gasteiger partial charge is 0.480 e. The quantitative estimate of drug-likeness (QED) is 0.120. The molecule has 0 saturated heterocycles. The average molecular weight is 809 g/mol. The number of nitrogens with zero attached hydrogens (tertiary/aromatic N) is 9. The van der Waals surface area contributed by atoms with Gasteiger partial charge in [-0.2, -0.15) is 20.2 Å². The van der Waals surface area contributed by atoms with Crippen molar-refractivity contribution in [2.24, 2.45) is 0 Å². The van der Waals surface area contributed by atoms with Gasteiger partial charge in [0.15, 0.2) is 0 Å². The molecule has 0 aliphatic heterocycles. The number of carboxylic acid groups (broad SMARTS) is 1. The Hall–Kier alpha value is -5.19. The third kappa shape index (κ3) is 9.63. The predicted octanol–water partition coefficient (Wildman–Crippen LogP) is 6.82. The van der Waals surface area contributed by atoms with Crippen molar-refractivity contribution >= 4 is 39.5 Å². The van der Waals surface area contributed by atoms with Crippen molar-refractivity contribution in [2.75, 3.05) is 26.2 Å². The second-order valence-corrected chi connectivity index (χ2v) is 13.2. The van der Waals surface area contributed by atoms with Crippen molar-refractivity contribution < 1.29 is 28.5 Å². The van der Waals surface area contributed by atoms with E-state index in [-0.39, 0.29) is 24.7 Å². The SMILES string of the molecule is CCN(CC)CCOC(=O)Cn1nc(C)c(Cl)c1-c1noc(-c2cccc(C)c2)n1.Cc1cccc(-c2nc(-c3c(Br)c(C)nn3CC(=O)O)no2)c1. The van der Waals surface area contributed by atoms with Crippen LogP contribution in [0.25, 0.3) is 45.9 Å². The van der Waals surface area contributed by atoms with E-state index in [9.17, 15) is 9.59 Å². The van der Waals surface area contributed by atoms with Gasteiger partial charge in [-0.15, -0.1) is 0 Å². The van der Waals surface area contributed by atoms with Gasteiger partial charge in [0.05, 0.1) is 20.9 Å². The molecule has 0 atom stereocenters. The number of benzene rings is 2. The number of likely N-dealkylation sites (N-methyl/N-ethyl adjacent to an activating group) is 1. The van der Waals surface area contributed by atoms with Crippen molar-refractivity contribution in [2.45, 2.75) is 54.6 Å². The van der Waals surface area contributed by atoms with Crippen LogP contribution >= 0.6 is 27.5 Å². The highest BCUT2D eigenvalue weighted by atomic mass is 79.9. The van der Waals surface area contributed by atoms with Crippen molar-refractivity contribution in [3.8, 4) is 45.9 Å². The Morgan fingerprint density at radius 3 is 1.89 bits per heavy atom. The maximum atomic E-state index is 12.3. The molecule has 0 bridgehead atoms. The minimum Gasteiger partial charge on any atom is -0.480 e. The summed E-state index contributed by atoms with van der Waals surface area (Å²) in [7, 11) is 0. The van der Waals surface area contributed by atoms with Crippen LogP contribution in [0, 0.1) is 27.7 Å². The van der Waals surface area contributed by atoms with Crippen LogP contribution in [-0.2, 0) is 27.4 Å². The van der Waals surface area contributed by atoms with E-state index in [4.69, 9.17) is 30.5 Å². The highest BCUT2D eigenvalue weighted by Gasteiger charge is 2.24. The average Bonchev–Trinajstić information content (AvgIpc) is 3.91. The number of carbonyl (C=O) groups excluding carboxylic acids is 1. The molecule has 6 aromatic rings. The van der Waals surface area contributed by atoms with E-state index in [0.29, 0.717) is 57.2 Å². The van der Waals surface area contributed by atoms with E-state index in [1.807, 2.05) is 62.4 Å². The zero-order valence-corrected chi connectivity index (χ0v) is 32.5. The molecule has 0 aliphatic rings. The number of aryl methyl sites for hydroxylation is 4. The molecule has 278 valence electrons. The Morgan fingerprint density at radius 2 is 1.36 bits per heavy atom. The molecule has 4 heterocycles. The highest BCUT2D eigenvalue weighted by Crippen LogP contribution is 2.32. The molecule has 0 unspecified atom stereocenters. The van der Waals surface area contributed by atoms with Crippen LogP contribution in [-0.4, -0.2) is 88.0 Å². The van der Waals surface area contributed by atoms with Crippen LogP contribution in [0.5, 0.6) is 0 Å². The van der Waals surface area contributed by atoms with E-state index >= 15 is 0 Å². The molecule has 15 nitrogen and oxygen atoms in total. The predicted molar refractivity (Wildman–Crippen MR) is 200 cm³/mol. The first kappa shape index (κ1) is 39.0. The monoisotopic (exact) mass is 807 g/mol. The maximum absolute atomic E-state index is 12.3. The summed E-state index contributed by atoms with van der Waals surface area (Å²) in [5.74, 6) is -0.0924. The molecule has 4 aromatic heterocycles. The van der Waals surface area contributed by atoms with Gasteiger partial charge >= 0.3 is 11.9 Å². The second-order valence-electron chi connectivity index (χ2n) is 12.0. The molecule has 0 fully saturated rings. The van der Waals surface area contributed by atoms with E-state index in [2.05, 4.69) is 65.2 Å². The summed E-state index contributed by atoms with van der Waals surface area (Å²) in [5.41, 5.74) is 5.91. The van der Waals surface area contributed by atoms with E-state index in [1.165, 1.54) is 9.36 Å². The van der Waals surface area contributed by atoms with Crippen LogP contribution < -0.4 is 0 Å². The first-order valence-electron chi connectivity index (χ1n) is 16.8. The number of hydrogen-bond donors (Lipinski definition) is 1. The number of aromatic nitrogens is 8. The maximum Gasteiger partial charge on any atom is 0.327 e. The van der Waals surface area contributed by atoms with E-state index in [0.717, 1.165) is 35.3 Å². The van der Waals surface area contributed by atoms with Crippen molar-refractivity contribution in [3.63, 3.8) is 0 Å². The molecule has 53 heavy (non-hydrogen) atoms. The lowest BCUT2D eigenvalue weighted by Gasteiger charge is -2.17. The van der Waals surface area contributed by atoms with Gasteiger partial charge in [-0.1, -0.05) is 71.2 Å². The van der Waals surface area contributed by atoms with Gasteiger partial charge in [-0.05, 0) is 81.0 Å². The van der Waals surface area contributed by atoms with Gasteiger partial charge < -0.3 is 23.8 Å². The van der Waals surface area contributed by atoms with Crippen LogP contribution in [0.2, 0.25) is 5.02 Å². The van der Waals surface area contributed by atoms with Gasteiger partial charge in [0, 0.05) is 17.7 Å². The van der Waals surface area contributed by atoms with E-state index < -0.39 is 11.9 Å². The Morgan fingerprint density at radius 1 is 0.830 bits per heavy atom. The summed E-state index contributed by atoms with van der Waals surface area (Å²) in [6.45, 7) is 14.1. The van der Waals surface area contributed by atoms with Crippen LogP contribution in [0.15, 0.2) is 62.0 Å². The molecule has 6 rings (SSSR count). The lowest BCUT2D eigenvalue weighted by Crippen LogP contribution is -2.28. The van der Waals surface area contributed by atoms with Crippen LogP contribution in [0.1, 0.15) is 36.4 Å². The Bertz CT molecular complexity index is 2200. The zero-order chi connectivity index (χ0) is 38.2. The summed E-state index contributed by atoms with van der Waals surface area (Å²) in [4.78, 5) is 34.3. The summed E-state index contributed by atoms with van der Waals surface area (Å²) >= 11 is 9.84. The van der Waals surface area contributed by atoms with Gasteiger partial charge in [0.1, 0.15) is 31.1 Å². The molecule has 0 radical (unpaired) electrons. The standard InChI is InChI=1S/C21H26ClN5O3.C15H13BrN4O3/c1-5-26(6-2)10-11-29-17(28)13-27-19(18(22)15(4)24-27)20-23-21(30-25-20)16-9-7-8-14(3)12-16;1-8-4-3-5-10(6-8)15-17-14(19-23-15)13-12(16)9(2)18-20(13)7-11(21)22/h7-9,12H,5-6,10-11,13H2,1-4H3;3-6H,7H2,1-2H3,(H,21,22). The molecule has 17 heteroatoms. The summed E-state index contributed by atoms with van der Waals surface area (Å²) in [6, 6.07) is 15.4. The lowest BCUT2D eigenvalue weighted by atomic mass is 10.1. The first-order chi connectivity index (χ1) is 25.4. The van der Waals surface area contributed by atoms with Crippen LogP contribution in [0.3, 0.4) is 0 Å². The van der Waals surface area contributed by atoms with Gasteiger partial charge in [-0.25, -0.2) is 9.36 Å². The van der Waals surface area contributed by atoms with Crippen molar-refractivity contribution in [1.82, 2.24) is 44.7 Å². The summed E-state index contributed by atoms with van der Waals surface area (Å²) < 4.78 is 19.5. The minimum absolute atomic E-state index is 0.0878. The van der Waals surface area contributed by atoms with Gasteiger partial charge in [0.25, 0.3) is 11.8 Å². The molecule has 1 N–H and O–H groups in total. The Balaban J connectivity index is 0.000000211. The highest BCUT2D eigenvalue weighted by molar-refractivity contribution is 9.10. The summed E-state index contributed by atoms with van der Waals surface area (Å²) in [5, 5.41) is 25.9. The Labute approximate surface area is 319 Å². The molecule has 0 aliphatic carbocycles. The fourth-order valence-electron chi connectivity index (χ4n) is 5.33. The number of ether oxygens (including phenoxy) is 1. The number of carbonyl (C=O) groups is 2. The number of carboxylic acids is 1. The zero-order valence-electron chi connectivity index (χ0n) is 30.1. The third-order valence-electron chi connectivity index (χ3n) is 8.04. The van der Waals surface area contributed by atoms with Crippen molar-refractivity contribution in [3.05, 3.63) is 80.5 Å². The van der Waals surface area contributed by atoms with Crippen LogP contribution in [0.4, 0.5) is 0 Å². The molecule has 0 spiro atoms. The third-order valence-corrected chi connectivity index (χ3v) is 9.45. The Kier molecular flexibility index (Phi) is 12.9. The number of hydrogen-bond acceptors (Lipinski definition) is 12. The number of halogens is 2. The van der Waals surface area contributed by atoms with Gasteiger partial charge in [0.2, 0.25) is 11.6 Å². The van der Waals surface area contributed by atoms with Gasteiger partial charge in [-0.3, -0.25) is 9.59 Å². The molecule has 2 aromatic carbocycles.